The van der Waals surface area contributed by atoms with E-state index in [1.165, 1.54) is 30.6 Å². The van der Waals surface area contributed by atoms with E-state index in [0.29, 0.717) is 11.1 Å². The fourth-order valence-corrected chi connectivity index (χ4v) is 3.08. The van der Waals surface area contributed by atoms with Crippen molar-refractivity contribution in [3.63, 3.8) is 0 Å². The summed E-state index contributed by atoms with van der Waals surface area (Å²) in [5, 5.41) is 0.344. The van der Waals surface area contributed by atoms with E-state index in [4.69, 9.17) is 28.9 Å². The molecular weight excluding hydrogens is 378 g/mol. The molecule has 0 saturated heterocycles. The maximum Gasteiger partial charge on any atom is 0.416 e. The first-order valence-corrected chi connectivity index (χ1v) is 7.49. The maximum atomic E-state index is 12.9. The predicted octanol–water partition coefficient (Wildman–Crippen LogP) is 4.05. The Morgan fingerprint density at radius 2 is 1.72 bits per heavy atom. The predicted molar refractivity (Wildman–Crippen MR) is 92.6 cm³/mol. The van der Waals surface area contributed by atoms with Crippen molar-refractivity contribution in [3.05, 3.63) is 57.6 Å². The second kappa shape index (κ2) is 6.81. The van der Waals surface area contributed by atoms with Crippen LogP contribution in [0, 0.1) is 0 Å². The van der Waals surface area contributed by atoms with Gasteiger partial charge in [0, 0.05) is 11.1 Å². The molecule has 0 radical (unpaired) electrons. The van der Waals surface area contributed by atoms with E-state index in [2.05, 4.69) is 15.8 Å². The molecule has 1 aliphatic rings. The fourth-order valence-electron chi connectivity index (χ4n) is 2.38. The number of halogens is 5. The highest BCUT2D eigenvalue weighted by Gasteiger charge is 2.32. The second-order valence-corrected chi connectivity index (χ2v) is 6.00. The molecule has 10 heteroatoms. The topological polar surface area (TPSA) is 97.4 Å². The molecule has 0 bridgehead atoms. The summed E-state index contributed by atoms with van der Waals surface area (Å²) in [5.74, 6) is -1.25. The SMILES string of the molecule is N.NC1(c2cc(Cl)c(-c3cccc(C(F)(F)F)c3)c(Cl)c2)N=CNN1. The first-order chi connectivity index (χ1) is 11.2. The number of hydrazine groups is 1. The number of hydrogen-bond acceptors (Lipinski definition) is 5. The average Bonchev–Trinajstić information content (AvgIpc) is 2.94. The Balaban J connectivity index is 0.00000225. The van der Waals surface area contributed by atoms with Crippen LogP contribution in [0.15, 0.2) is 41.4 Å². The van der Waals surface area contributed by atoms with Crippen molar-refractivity contribution in [2.24, 2.45) is 10.7 Å². The van der Waals surface area contributed by atoms with Gasteiger partial charge in [-0.1, -0.05) is 35.3 Å². The lowest BCUT2D eigenvalue weighted by Gasteiger charge is -2.22. The third kappa shape index (κ3) is 3.73. The van der Waals surface area contributed by atoms with Gasteiger partial charge in [0.05, 0.1) is 15.6 Å². The second-order valence-electron chi connectivity index (χ2n) is 5.19. The lowest BCUT2D eigenvalue weighted by Crippen LogP contribution is -2.49. The lowest BCUT2D eigenvalue weighted by molar-refractivity contribution is -0.137. The number of nitrogens with zero attached hydrogens (tertiary/aromatic N) is 1. The Labute approximate surface area is 151 Å². The van der Waals surface area contributed by atoms with Gasteiger partial charge in [0.2, 0.25) is 5.79 Å². The molecule has 0 aliphatic carbocycles. The molecule has 25 heavy (non-hydrogen) atoms. The molecule has 1 unspecified atom stereocenters. The molecular formula is C15H14Cl2F3N5. The Morgan fingerprint density at radius 3 is 2.24 bits per heavy atom. The van der Waals surface area contributed by atoms with Gasteiger partial charge in [-0.15, -0.1) is 0 Å². The normalized spacial score (nSPS) is 19.4. The highest BCUT2D eigenvalue weighted by Crippen LogP contribution is 2.40. The number of benzene rings is 2. The summed E-state index contributed by atoms with van der Waals surface area (Å²) >= 11 is 12.5. The summed E-state index contributed by atoms with van der Waals surface area (Å²) in [6.07, 6.45) is -3.08. The molecule has 134 valence electrons. The summed E-state index contributed by atoms with van der Waals surface area (Å²) in [4.78, 5) is 4.03. The molecule has 0 spiro atoms. The number of aliphatic imine (C=N–C) groups is 1. The van der Waals surface area contributed by atoms with Gasteiger partial charge in [-0.25, -0.2) is 4.99 Å². The average molecular weight is 392 g/mol. The third-order valence-corrected chi connectivity index (χ3v) is 4.15. The summed E-state index contributed by atoms with van der Waals surface area (Å²) in [7, 11) is 0. The monoisotopic (exact) mass is 391 g/mol. The van der Waals surface area contributed by atoms with Gasteiger partial charge >= 0.3 is 6.18 Å². The summed E-state index contributed by atoms with van der Waals surface area (Å²) < 4.78 is 38.7. The van der Waals surface area contributed by atoms with Crippen LogP contribution >= 0.6 is 23.2 Å². The number of alkyl halides is 3. The van der Waals surface area contributed by atoms with E-state index in [9.17, 15) is 13.2 Å². The minimum absolute atomic E-state index is 0. The largest absolute Gasteiger partial charge is 0.416 e. The van der Waals surface area contributed by atoms with Gasteiger partial charge in [0.1, 0.15) is 6.34 Å². The number of nitrogens with one attached hydrogen (secondary N) is 2. The van der Waals surface area contributed by atoms with Crippen LogP contribution in [0.3, 0.4) is 0 Å². The van der Waals surface area contributed by atoms with Crippen molar-refractivity contribution in [1.29, 1.82) is 0 Å². The molecule has 3 rings (SSSR count). The highest BCUT2D eigenvalue weighted by molar-refractivity contribution is 6.39. The zero-order chi connectivity index (χ0) is 17.5. The third-order valence-electron chi connectivity index (χ3n) is 3.56. The van der Waals surface area contributed by atoms with Gasteiger partial charge in [0.15, 0.2) is 0 Å². The molecule has 7 N–H and O–H groups in total. The Bertz CT molecular complexity index is 802. The quantitative estimate of drug-likeness (QED) is 0.620. The molecule has 0 amide bonds. The standard InChI is InChI=1S/C15H11Cl2F3N4.H3N/c16-11-5-10(15(21)22-7-23-24-15)6-12(17)13(11)8-2-1-3-9(4-8)14(18,19)20;/h1-7,24H,21H2,(H,22,23);1H3. The van der Waals surface area contributed by atoms with Crippen LogP contribution in [0.4, 0.5) is 13.2 Å². The highest BCUT2D eigenvalue weighted by atomic mass is 35.5. The fraction of sp³-hybridized carbons (Fsp3) is 0.133. The molecule has 1 aliphatic heterocycles. The zero-order valence-corrected chi connectivity index (χ0v) is 14.2. The van der Waals surface area contributed by atoms with Crippen LogP contribution in [0.2, 0.25) is 10.0 Å². The van der Waals surface area contributed by atoms with Crippen molar-refractivity contribution in [1.82, 2.24) is 17.0 Å². The van der Waals surface area contributed by atoms with E-state index in [-0.39, 0.29) is 21.8 Å². The molecule has 1 atom stereocenters. The molecule has 1 heterocycles. The van der Waals surface area contributed by atoms with Crippen molar-refractivity contribution in [3.8, 4) is 11.1 Å². The van der Waals surface area contributed by atoms with E-state index in [0.717, 1.165) is 12.1 Å². The van der Waals surface area contributed by atoms with Crippen LogP contribution in [0.1, 0.15) is 11.1 Å². The van der Waals surface area contributed by atoms with Crippen LogP contribution in [-0.4, -0.2) is 6.34 Å². The zero-order valence-electron chi connectivity index (χ0n) is 12.7. The van der Waals surface area contributed by atoms with E-state index < -0.39 is 17.5 Å². The summed E-state index contributed by atoms with van der Waals surface area (Å²) in [6.45, 7) is 0. The lowest BCUT2D eigenvalue weighted by atomic mass is 9.99. The molecule has 5 nitrogen and oxygen atoms in total. The van der Waals surface area contributed by atoms with Crippen LogP contribution in [0.25, 0.3) is 11.1 Å². The van der Waals surface area contributed by atoms with Gasteiger partial charge in [-0.05, 0) is 29.8 Å². The van der Waals surface area contributed by atoms with Crippen LogP contribution in [-0.2, 0) is 12.0 Å². The van der Waals surface area contributed by atoms with Gasteiger partial charge in [-0.3, -0.25) is 5.73 Å². The Kier molecular flexibility index (Phi) is 5.31. The summed E-state index contributed by atoms with van der Waals surface area (Å²) in [6, 6.07) is 7.82. The van der Waals surface area contributed by atoms with E-state index >= 15 is 0 Å². The van der Waals surface area contributed by atoms with Crippen LogP contribution < -0.4 is 22.7 Å². The molecule has 2 aromatic carbocycles. The smallest absolute Gasteiger partial charge is 0.344 e. The molecule has 2 aromatic rings. The number of rotatable bonds is 2. The van der Waals surface area contributed by atoms with Crippen molar-refractivity contribution >= 4 is 29.5 Å². The van der Waals surface area contributed by atoms with E-state index in [1.54, 1.807) is 0 Å². The summed E-state index contributed by atoms with van der Waals surface area (Å²) in [5.41, 5.74) is 11.7. The first kappa shape index (κ1) is 19.5. The van der Waals surface area contributed by atoms with E-state index in [1.807, 2.05) is 0 Å². The van der Waals surface area contributed by atoms with Gasteiger partial charge in [0.25, 0.3) is 0 Å². The first-order valence-electron chi connectivity index (χ1n) is 6.73. The van der Waals surface area contributed by atoms with Crippen LogP contribution in [0.5, 0.6) is 0 Å². The maximum absolute atomic E-state index is 12.9. The van der Waals surface area contributed by atoms with Gasteiger partial charge < -0.3 is 11.6 Å². The minimum Gasteiger partial charge on any atom is -0.344 e. The Morgan fingerprint density at radius 1 is 1.08 bits per heavy atom. The Hall–Kier alpha value is -1.84. The number of nitrogens with two attached hydrogens (primary N) is 1. The van der Waals surface area contributed by atoms with Crippen molar-refractivity contribution in [2.45, 2.75) is 12.0 Å². The minimum atomic E-state index is -4.45. The van der Waals surface area contributed by atoms with Gasteiger partial charge in [-0.2, -0.15) is 18.6 Å². The molecule has 0 aromatic heterocycles. The van der Waals surface area contributed by atoms with Crippen molar-refractivity contribution < 1.29 is 13.2 Å². The number of hydrogen-bond donors (Lipinski definition) is 4. The molecule has 0 saturated carbocycles. The van der Waals surface area contributed by atoms with Crippen molar-refractivity contribution in [2.75, 3.05) is 0 Å². The molecule has 0 fully saturated rings.